The number of hydrogen-bond donors (Lipinski definition) is 0. The van der Waals surface area contributed by atoms with Crippen molar-refractivity contribution in [3.63, 3.8) is 0 Å². The third kappa shape index (κ3) is 18.2. The van der Waals surface area contributed by atoms with Gasteiger partial charge in [0.15, 0.2) is 0 Å². The fraction of sp³-hybridized carbons (Fsp3) is 0.435. The Morgan fingerprint density at radius 2 is 1.35 bits per heavy atom. The van der Waals surface area contributed by atoms with Gasteiger partial charge >= 0.3 is 5.97 Å². The molecule has 0 bridgehead atoms. The number of allylic oxidation sites excluding steroid dienone is 12. The van der Waals surface area contributed by atoms with E-state index < -0.39 is 6.17 Å². The average molecular weight is 361 g/mol. The summed E-state index contributed by atoms with van der Waals surface area (Å²) < 4.78 is 17.9. The minimum absolute atomic E-state index is 0.105. The van der Waals surface area contributed by atoms with E-state index in [2.05, 4.69) is 60.3 Å². The smallest absolute Gasteiger partial charge is 0.305 e. The van der Waals surface area contributed by atoms with Crippen molar-refractivity contribution in [2.24, 2.45) is 0 Å². The maximum Gasteiger partial charge on any atom is 0.305 e. The van der Waals surface area contributed by atoms with E-state index in [1.807, 2.05) is 12.2 Å². The predicted molar refractivity (Wildman–Crippen MR) is 110 cm³/mol. The Balaban J connectivity index is 3.69. The van der Waals surface area contributed by atoms with Crippen LogP contribution >= 0.6 is 0 Å². The van der Waals surface area contributed by atoms with Crippen molar-refractivity contribution in [3.8, 4) is 0 Å². The molecule has 0 aromatic heterocycles. The molecule has 0 saturated carbocycles. The van der Waals surface area contributed by atoms with Gasteiger partial charge < -0.3 is 4.74 Å². The molecule has 0 saturated heterocycles. The van der Waals surface area contributed by atoms with Gasteiger partial charge in [0.05, 0.1) is 7.11 Å². The van der Waals surface area contributed by atoms with Gasteiger partial charge in [0.2, 0.25) is 0 Å². The van der Waals surface area contributed by atoms with E-state index >= 15 is 0 Å². The number of halogens is 1. The zero-order valence-corrected chi connectivity index (χ0v) is 16.1. The Morgan fingerprint density at radius 3 is 1.85 bits per heavy atom. The van der Waals surface area contributed by atoms with E-state index in [9.17, 15) is 9.18 Å². The van der Waals surface area contributed by atoms with Gasteiger partial charge in [-0.3, -0.25) is 4.79 Å². The lowest BCUT2D eigenvalue weighted by molar-refractivity contribution is -0.140. The van der Waals surface area contributed by atoms with E-state index in [0.29, 0.717) is 0 Å². The van der Waals surface area contributed by atoms with Gasteiger partial charge in [-0.25, -0.2) is 4.39 Å². The predicted octanol–water partition coefficient (Wildman–Crippen LogP) is 6.59. The molecule has 144 valence electrons. The van der Waals surface area contributed by atoms with Crippen molar-refractivity contribution in [2.75, 3.05) is 7.11 Å². The minimum Gasteiger partial charge on any atom is -0.469 e. The summed E-state index contributed by atoms with van der Waals surface area (Å²) in [6, 6.07) is 0. The van der Waals surface area contributed by atoms with Crippen molar-refractivity contribution in [1.29, 1.82) is 0 Å². The van der Waals surface area contributed by atoms with E-state index in [4.69, 9.17) is 0 Å². The summed E-state index contributed by atoms with van der Waals surface area (Å²) in [7, 11) is 1.31. The number of alkyl halides is 1. The van der Waals surface area contributed by atoms with Gasteiger partial charge in [0.1, 0.15) is 6.17 Å². The normalized spacial score (nSPS) is 14.1. The minimum atomic E-state index is -1.11. The average Bonchev–Trinajstić information content (AvgIpc) is 2.65. The molecule has 0 radical (unpaired) electrons. The van der Waals surface area contributed by atoms with Crippen LogP contribution in [0, 0.1) is 0 Å². The molecular weight excluding hydrogens is 327 g/mol. The molecule has 0 spiro atoms. The van der Waals surface area contributed by atoms with Crippen LogP contribution in [0.5, 0.6) is 0 Å². The molecule has 0 fully saturated rings. The van der Waals surface area contributed by atoms with E-state index in [0.717, 1.165) is 32.1 Å². The maximum atomic E-state index is 13.4. The molecule has 0 aliphatic carbocycles. The van der Waals surface area contributed by atoms with Gasteiger partial charge in [-0.1, -0.05) is 79.8 Å². The first-order valence-corrected chi connectivity index (χ1v) is 9.34. The lowest BCUT2D eigenvalue weighted by Crippen LogP contribution is -2.04. The third-order valence-electron chi connectivity index (χ3n) is 3.41. The first-order valence-electron chi connectivity index (χ1n) is 9.34. The highest BCUT2D eigenvalue weighted by atomic mass is 19.1. The first kappa shape index (κ1) is 23.8. The molecule has 0 aliphatic rings. The lowest BCUT2D eigenvalue weighted by Gasteiger charge is -2.00. The number of methoxy groups -OCH3 is 1. The Labute approximate surface area is 158 Å². The zero-order valence-electron chi connectivity index (χ0n) is 16.1. The second kappa shape index (κ2) is 19.2. The van der Waals surface area contributed by atoms with Crippen LogP contribution in [0.2, 0.25) is 0 Å². The molecule has 0 aliphatic heterocycles. The summed E-state index contributed by atoms with van der Waals surface area (Å²) in [6.45, 7) is 2.14. The molecule has 1 unspecified atom stereocenters. The van der Waals surface area contributed by atoms with Gasteiger partial charge in [-0.15, -0.1) is 0 Å². The number of carbonyl (C=O) groups is 1. The van der Waals surface area contributed by atoms with E-state index in [-0.39, 0.29) is 18.8 Å². The van der Waals surface area contributed by atoms with Crippen LogP contribution in [0.25, 0.3) is 0 Å². The van der Waals surface area contributed by atoms with Crippen LogP contribution in [-0.4, -0.2) is 19.3 Å². The highest BCUT2D eigenvalue weighted by Gasteiger charge is 2.05. The van der Waals surface area contributed by atoms with Crippen LogP contribution < -0.4 is 0 Å². The number of hydrogen-bond acceptors (Lipinski definition) is 2. The molecule has 0 aromatic carbocycles. The summed E-state index contributed by atoms with van der Waals surface area (Å²) in [5.41, 5.74) is 0. The summed E-state index contributed by atoms with van der Waals surface area (Å²) in [6.07, 6.45) is 28.1. The Hall–Kier alpha value is -2.16. The van der Waals surface area contributed by atoms with Crippen LogP contribution in [0.15, 0.2) is 72.9 Å². The molecule has 0 heterocycles. The lowest BCUT2D eigenvalue weighted by atomic mass is 10.2. The highest BCUT2D eigenvalue weighted by molar-refractivity contribution is 5.69. The van der Waals surface area contributed by atoms with E-state index in [1.165, 1.54) is 13.2 Å². The Kier molecular flexibility index (Phi) is 17.6. The van der Waals surface area contributed by atoms with Gasteiger partial charge in [-0.2, -0.15) is 0 Å². The van der Waals surface area contributed by atoms with Crippen molar-refractivity contribution >= 4 is 5.97 Å². The van der Waals surface area contributed by atoms with Crippen LogP contribution in [0.3, 0.4) is 0 Å². The van der Waals surface area contributed by atoms with Crippen LogP contribution in [-0.2, 0) is 9.53 Å². The van der Waals surface area contributed by atoms with Crippen molar-refractivity contribution in [1.82, 2.24) is 0 Å². The van der Waals surface area contributed by atoms with Gasteiger partial charge in [0.25, 0.3) is 0 Å². The number of rotatable bonds is 14. The molecule has 0 aromatic rings. The Bertz CT molecular complexity index is 510. The van der Waals surface area contributed by atoms with Crippen molar-refractivity contribution < 1.29 is 13.9 Å². The molecular formula is C23H33FO2. The monoisotopic (exact) mass is 360 g/mol. The molecule has 26 heavy (non-hydrogen) atoms. The highest BCUT2D eigenvalue weighted by Crippen LogP contribution is 2.05. The third-order valence-corrected chi connectivity index (χ3v) is 3.41. The standard InChI is InChI=1S/C23H33FO2/c1-3-4-5-6-7-8-9-10-11-12-13-14-15-16-17-18-19-22(24)20-21-23(25)26-2/h4-5,7-8,10-11,13-14,16-19,22H,3,6,9,12,15,20-21H2,1-2H3/b5-4-,8-7-,11-10-,14-13-,17-16-,19-18+. The van der Waals surface area contributed by atoms with Crippen LogP contribution in [0.4, 0.5) is 4.39 Å². The topological polar surface area (TPSA) is 26.3 Å². The molecule has 0 rings (SSSR count). The van der Waals surface area contributed by atoms with Crippen molar-refractivity contribution in [2.45, 2.75) is 58.0 Å². The number of carbonyl (C=O) groups excluding carboxylic acids is 1. The largest absolute Gasteiger partial charge is 0.469 e. The van der Waals surface area contributed by atoms with E-state index in [1.54, 1.807) is 6.08 Å². The van der Waals surface area contributed by atoms with Gasteiger partial charge in [-0.05, 0) is 38.5 Å². The van der Waals surface area contributed by atoms with Gasteiger partial charge in [0, 0.05) is 6.42 Å². The second-order valence-electron chi connectivity index (χ2n) is 5.68. The number of esters is 1. The summed E-state index contributed by atoms with van der Waals surface area (Å²) >= 11 is 0. The summed E-state index contributed by atoms with van der Waals surface area (Å²) in [4.78, 5) is 10.9. The molecule has 1 atom stereocenters. The zero-order chi connectivity index (χ0) is 19.3. The molecule has 0 amide bonds. The van der Waals surface area contributed by atoms with Crippen LogP contribution in [0.1, 0.15) is 51.9 Å². The first-order chi connectivity index (χ1) is 12.7. The fourth-order valence-corrected chi connectivity index (χ4v) is 1.95. The maximum absolute atomic E-state index is 13.4. The Morgan fingerprint density at radius 1 is 0.846 bits per heavy atom. The summed E-state index contributed by atoms with van der Waals surface area (Å²) in [5.74, 6) is -0.379. The second-order valence-corrected chi connectivity index (χ2v) is 5.68. The molecule has 2 nitrogen and oxygen atoms in total. The van der Waals surface area contributed by atoms with Crippen molar-refractivity contribution in [3.05, 3.63) is 72.9 Å². The summed E-state index contributed by atoms with van der Waals surface area (Å²) in [5, 5.41) is 0. The quantitative estimate of drug-likeness (QED) is 0.198. The fourth-order valence-electron chi connectivity index (χ4n) is 1.95. The number of ether oxygens (including phenoxy) is 1. The SMILES string of the molecule is CC/C=C\C/C=C\C/C=C\C/C=C\C/C=C\C=C\C(F)CCC(=O)OC. The molecule has 0 N–H and O–H groups in total. The molecule has 3 heteroatoms.